The molecule has 0 radical (unpaired) electrons. The summed E-state index contributed by atoms with van der Waals surface area (Å²) in [5, 5.41) is 3.52. The van der Waals surface area contributed by atoms with E-state index < -0.39 is 0 Å². The number of likely N-dealkylation sites (N-methyl/N-ethyl adjacent to an activating group) is 1. The second-order valence-electron chi connectivity index (χ2n) is 6.68. The fraction of sp³-hybridized carbons (Fsp3) is 0.667. The molecule has 2 nitrogen and oxygen atoms in total. The van der Waals surface area contributed by atoms with E-state index >= 15 is 0 Å². The molecule has 1 rings (SSSR count). The van der Waals surface area contributed by atoms with Crippen LogP contribution in [-0.4, -0.2) is 25.3 Å². The number of benzene rings is 1. The van der Waals surface area contributed by atoms with Gasteiger partial charge >= 0.3 is 0 Å². The van der Waals surface area contributed by atoms with Crippen molar-refractivity contribution >= 4 is 0 Å². The molecule has 0 aliphatic rings. The molecule has 0 heterocycles. The third kappa shape index (κ3) is 5.40. The maximum absolute atomic E-state index is 13.5. The van der Waals surface area contributed by atoms with Gasteiger partial charge < -0.3 is 10.1 Å². The quantitative estimate of drug-likeness (QED) is 0.817. The van der Waals surface area contributed by atoms with Crippen molar-refractivity contribution in [3.63, 3.8) is 0 Å². The summed E-state index contributed by atoms with van der Waals surface area (Å²) in [7, 11) is 0. The van der Waals surface area contributed by atoms with Gasteiger partial charge in [0.2, 0.25) is 0 Å². The van der Waals surface area contributed by atoms with Crippen LogP contribution in [0.2, 0.25) is 0 Å². The van der Waals surface area contributed by atoms with E-state index in [0.29, 0.717) is 6.61 Å². The van der Waals surface area contributed by atoms with Crippen molar-refractivity contribution < 1.29 is 9.13 Å². The lowest BCUT2D eigenvalue weighted by molar-refractivity contribution is -0.0352. The van der Waals surface area contributed by atoms with Crippen molar-refractivity contribution in [2.24, 2.45) is 5.41 Å². The van der Waals surface area contributed by atoms with E-state index in [1.807, 2.05) is 19.9 Å². The zero-order chi connectivity index (χ0) is 16.0. The van der Waals surface area contributed by atoms with Gasteiger partial charge in [0.25, 0.3) is 0 Å². The van der Waals surface area contributed by atoms with Crippen molar-refractivity contribution in [1.29, 1.82) is 0 Å². The largest absolute Gasteiger partial charge is 0.376 e. The fourth-order valence-electron chi connectivity index (χ4n) is 2.79. The first kappa shape index (κ1) is 18.1. The normalized spacial score (nSPS) is 15.0. The second-order valence-corrected chi connectivity index (χ2v) is 6.68. The summed E-state index contributed by atoms with van der Waals surface area (Å²) in [6.45, 7) is 14.3. The number of rotatable bonds is 7. The summed E-state index contributed by atoms with van der Waals surface area (Å²) in [6.07, 6.45) is 0.865. The van der Waals surface area contributed by atoms with Gasteiger partial charge in [0.05, 0.1) is 6.10 Å². The molecular weight excluding hydrogens is 265 g/mol. The van der Waals surface area contributed by atoms with Gasteiger partial charge in [0.1, 0.15) is 5.82 Å². The molecule has 1 aromatic carbocycles. The number of halogens is 1. The van der Waals surface area contributed by atoms with E-state index in [2.05, 4.69) is 33.0 Å². The van der Waals surface area contributed by atoms with Gasteiger partial charge in [-0.25, -0.2) is 4.39 Å². The maximum Gasteiger partial charge on any atom is 0.123 e. The van der Waals surface area contributed by atoms with Gasteiger partial charge in [-0.05, 0) is 55.5 Å². The van der Waals surface area contributed by atoms with Gasteiger partial charge in [0.15, 0.2) is 0 Å². The summed E-state index contributed by atoms with van der Waals surface area (Å²) in [4.78, 5) is 0. The minimum absolute atomic E-state index is 0.0318. The number of hydrogen-bond acceptors (Lipinski definition) is 2. The Balaban J connectivity index is 3.01. The van der Waals surface area contributed by atoms with Crippen LogP contribution < -0.4 is 5.32 Å². The van der Waals surface area contributed by atoms with E-state index in [9.17, 15) is 4.39 Å². The Labute approximate surface area is 129 Å². The van der Waals surface area contributed by atoms with Gasteiger partial charge in [-0.1, -0.05) is 33.8 Å². The van der Waals surface area contributed by atoms with Gasteiger partial charge in [0, 0.05) is 12.6 Å². The Bertz CT molecular complexity index is 439. The number of aryl methyl sites for hydroxylation is 1. The third-order valence-corrected chi connectivity index (χ3v) is 3.78. The highest BCUT2D eigenvalue weighted by Gasteiger charge is 2.32. The number of nitrogens with one attached hydrogen (secondary N) is 1. The number of ether oxygens (including phenoxy) is 1. The Kier molecular flexibility index (Phi) is 6.82. The highest BCUT2D eigenvalue weighted by Crippen LogP contribution is 2.27. The van der Waals surface area contributed by atoms with Crippen molar-refractivity contribution in [3.8, 4) is 0 Å². The smallest absolute Gasteiger partial charge is 0.123 e. The molecule has 0 fully saturated rings. The van der Waals surface area contributed by atoms with Crippen LogP contribution in [0.1, 0.15) is 45.7 Å². The van der Waals surface area contributed by atoms with Crippen LogP contribution in [0.4, 0.5) is 4.39 Å². The van der Waals surface area contributed by atoms with Crippen molar-refractivity contribution in [2.45, 2.75) is 60.1 Å². The van der Waals surface area contributed by atoms with Gasteiger partial charge in [-0.3, -0.25) is 0 Å². The molecule has 1 aromatic rings. The molecule has 3 heteroatoms. The SMILES string of the molecule is CCNC(Cc1cc(F)ccc1C)C(OCC)C(C)(C)C. The monoisotopic (exact) mass is 295 g/mol. The molecule has 0 amide bonds. The molecule has 0 saturated carbocycles. The Morgan fingerprint density at radius 3 is 2.43 bits per heavy atom. The highest BCUT2D eigenvalue weighted by atomic mass is 19.1. The van der Waals surface area contributed by atoms with Crippen LogP contribution in [-0.2, 0) is 11.2 Å². The summed E-state index contributed by atoms with van der Waals surface area (Å²) >= 11 is 0. The second kappa shape index (κ2) is 7.90. The van der Waals surface area contributed by atoms with Crippen LogP contribution in [0.15, 0.2) is 18.2 Å². The molecule has 2 atom stereocenters. The molecule has 0 aromatic heterocycles. The molecule has 0 aliphatic heterocycles. The first-order valence-corrected chi connectivity index (χ1v) is 7.89. The molecule has 0 bridgehead atoms. The Morgan fingerprint density at radius 1 is 1.24 bits per heavy atom. The van der Waals surface area contributed by atoms with Crippen LogP contribution in [0.3, 0.4) is 0 Å². The van der Waals surface area contributed by atoms with Crippen molar-refractivity contribution in [3.05, 3.63) is 35.1 Å². The molecular formula is C18H30FNO. The lowest BCUT2D eigenvalue weighted by Crippen LogP contribution is -2.49. The first-order chi connectivity index (χ1) is 9.79. The average Bonchev–Trinajstić information content (AvgIpc) is 2.38. The minimum Gasteiger partial charge on any atom is -0.376 e. The molecule has 120 valence electrons. The molecule has 0 aliphatic carbocycles. The van der Waals surface area contributed by atoms with Gasteiger partial charge in [-0.2, -0.15) is 0 Å². The van der Waals surface area contributed by atoms with E-state index in [1.54, 1.807) is 6.07 Å². The summed E-state index contributed by atoms with van der Waals surface area (Å²) in [6, 6.07) is 5.19. The van der Waals surface area contributed by atoms with E-state index in [-0.39, 0.29) is 23.4 Å². The van der Waals surface area contributed by atoms with Crippen LogP contribution in [0.25, 0.3) is 0 Å². The Hall–Kier alpha value is -0.930. The summed E-state index contributed by atoms with van der Waals surface area (Å²) in [5.41, 5.74) is 2.21. The minimum atomic E-state index is -0.172. The maximum atomic E-state index is 13.5. The van der Waals surface area contributed by atoms with Crippen LogP contribution in [0.5, 0.6) is 0 Å². The van der Waals surface area contributed by atoms with Crippen molar-refractivity contribution in [2.75, 3.05) is 13.2 Å². The lowest BCUT2D eigenvalue weighted by atomic mass is 9.82. The molecule has 0 saturated heterocycles. The lowest BCUT2D eigenvalue weighted by Gasteiger charge is -2.37. The van der Waals surface area contributed by atoms with E-state index in [0.717, 1.165) is 24.1 Å². The zero-order valence-corrected chi connectivity index (χ0v) is 14.3. The van der Waals surface area contributed by atoms with Gasteiger partial charge in [-0.15, -0.1) is 0 Å². The van der Waals surface area contributed by atoms with Crippen LogP contribution in [0, 0.1) is 18.2 Å². The van der Waals surface area contributed by atoms with E-state index in [1.165, 1.54) is 6.07 Å². The molecule has 1 N–H and O–H groups in total. The molecule has 2 unspecified atom stereocenters. The third-order valence-electron chi connectivity index (χ3n) is 3.78. The number of hydrogen-bond donors (Lipinski definition) is 1. The molecule has 0 spiro atoms. The molecule has 21 heavy (non-hydrogen) atoms. The standard InChI is InChI=1S/C18H30FNO/c1-7-20-16(17(21-8-2)18(4,5)6)12-14-11-15(19)10-9-13(14)3/h9-11,16-17,20H,7-8,12H2,1-6H3. The zero-order valence-electron chi connectivity index (χ0n) is 14.3. The predicted molar refractivity (Wildman–Crippen MR) is 87.2 cm³/mol. The summed E-state index contributed by atoms with van der Waals surface area (Å²) in [5.74, 6) is -0.172. The predicted octanol–water partition coefficient (Wildman–Crippen LogP) is 4.11. The highest BCUT2D eigenvalue weighted by molar-refractivity contribution is 5.27. The van der Waals surface area contributed by atoms with Crippen molar-refractivity contribution in [1.82, 2.24) is 5.32 Å². The van der Waals surface area contributed by atoms with E-state index in [4.69, 9.17) is 4.74 Å². The summed E-state index contributed by atoms with van der Waals surface area (Å²) < 4.78 is 19.5. The van der Waals surface area contributed by atoms with Crippen LogP contribution >= 0.6 is 0 Å². The average molecular weight is 295 g/mol. The topological polar surface area (TPSA) is 21.3 Å². The Morgan fingerprint density at radius 2 is 1.90 bits per heavy atom. The first-order valence-electron chi connectivity index (χ1n) is 7.89. The fourth-order valence-corrected chi connectivity index (χ4v) is 2.79.